The Morgan fingerprint density at radius 3 is 2.67 bits per heavy atom. The molecule has 0 saturated heterocycles. The number of ether oxygens (including phenoxy) is 1. The largest absolute Gasteiger partial charge is 0.495 e. The van der Waals surface area contributed by atoms with E-state index in [9.17, 15) is 0 Å². The average molecular weight is 362 g/mol. The molecule has 24 heavy (non-hydrogen) atoms. The molecule has 0 bridgehead atoms. The monoisotopic (exact) mass is 361 g/mol. The summed E-state index contributed by atoms with van der Waals surface area (Å²) in [4.78, 5) is 4.36. The molecule has 2 N–H and O–H groups in total. The molecular formula is C16H13Cl2N5O. The first-order valence-corrected chi connectivity index (χ1v) is 7.73. The summed E-state index contributed by atoms with van der Waals surface area (Å²) >= 11 is 12.1. The molecule has 122 valence electrons. The molecule has 0 aliphatic rings. The molecule has 0 aliphatic carbocycles. The molecular weight excluding hydrogens is 349 g/mol. The van der Waals surface area contributed by atoms with Crippen LogP contribution in [0.15, 0.2) is 48.7 Å². The van der Waals surface area contributed by atoms with E-state index in [0.717, 1.165) is 5.69 Å². The fourth-order valence-electron chi connectivity index (χ4n) is 2.02. The topological polar surface area (TPSA) is 72.0 Å². The van der Waals surface area contributed by atoms with Crippen molar-refractivity contribution in [2.75, 3.05) is 17.7 Å². The van der Waals surface area contributed by atoms with Gasteiger partial charge in [0.1, 0.15) is 5.75 Å². The van der Waals surface area contributed by atoms with Crippen LogP contribution in [0.4, 0.5) is 23.1 Å². The number of para-hydroxylation sites is 2. The molecule has 0 atom stereocenters. The van der Waals surface area contributed by atoms with Crippen molar-refractivity contribution in [1.82, 2.24) is 15.2 Å². The molecule has 0 unspecified atom stereocenters. The van der Waals surface area contributed by atoms with Gasteiger partial charge in [-0.1, -0.05) is 35.3 Å². The van der Waals surface area contributed by atoms with Gasteiger partial charge in [0, 0.05) is 5.02 Å². The number of nitrogens with one attached hydrogen (secondary N) is 2. The smallest absolute Gasteiger partial charge is 0.249 e. The quantitative estimate of drug-likeness (QED) is 0.687. The van der Waals surface area contributed by atoms with Gasteiger partial charge >= 0.3 is 0 Å². The second kappa shape index (κ2) is 7.33. The number of anilines is 4. The van der Waals surface area contributed by atoms with Crippen LogP contribution in [-0.4, -0.2) is 22.3 Å². The van der Waals surface area contributed by atoms with E-state index in [0.29, 0.717) is 33.2 Å². The van der Waals surface area contributed by atoms with E-state index in [1.807, 2.05) is 24.3 Å². The molecule has 8 heteroatoms. The minimum atomic E-state index is 0.322. The third kappa shape index (κ3) is 3.84. The summed E-state index contributed by atoms with van der Waals surface area (Å²) in [6.07, 6.45) is 1.49. The standard InChI is InChI=1S/C16H13Cl2N5O/c1-24-14-5-3-2-4-12(14)21-16-22-15(9-19-23-16)20-13-8-10(17)6-7-11(13)18/h2-9H,1H3,(H2,20,21,22,23). The van der Waals surface area contributed by atoms with E-state index < -0.39 is 0 Å². The summed E-state index contributed by atoms with van der Waals surface area (Å²) in [5.41, 5.74) is 1.37. The Bertz CT molecular complexity index is 859. The molecule has 0 spiro atoms. The Labute approximate surface area is 148 Å². The third-order valence-corrected chi connectivity index (χ3v) is 3.67. The van der Waals surface area contributed by atoms with Crippen molar-refractivity contribution in [3.8, 4) is 5.75 Å². The summed E-state index contributed by atoms with van der Waals surface area (Å²) in [6, 6.07) is 12.6. The lowest BCUT2D eigenvalue weighted by Gasteiger charge is -2.11. The Morgan fingerprint density at radius 2 is 1.83 bits per heavy atom. The molecule has 1 aromatic heterocycles. The average Bonchev–Trinajstić information content (AvgIpc) is 2.59. The van der Waals surface area contributed by atoms with Crippen LogP contribution >= 0.6 is 23.2 Å². The Balaban J connectivity index is 1.83. The molecule has 0 fully saturated rings. The van der Waals surface area contributed by atoms with E-state index in [4.69, 9.17) is 27.9 Å². The number of hydrogen-bond acceptors (Lipinski definition) is 6. The molecule has 3 aromatic rings. The molecule has 2 aromatic carbocycles. The summed E-state index contributed by atoms with van der Waals surface area (Å²) < 4.78 is 5.29. The van der Waals surface area contributed by atoms with E-state index >= 15 is 0 Å². The molecule has 0 saturated carbocycles. The van der Waals surface area contributed by atoms with Gasteiger partial charge in [-0.05, 0) is 30.3 Å². The minimum Gasteiger partial charge on any atom is -0.495 e. The second-order valence-corrected chi connectivity index (χ2v) is 5.58. The second-order valence-electron chi connectivity index (χ2n) is 4.74. The van der Waals surface area contributed by atoms with Crippen LogP contribution < -0.4 is 15.4 Å². The highest BCUT2D eigenvalue weighted by atomic mass is 35.5. The van der Waals surface area contributed by atoms with Crippen molar-refractivity contribution >= 4 is 46.3 Å². The van der Waals surface area contributed by atoms with Gasteiger partial charge in [0.15, 0.2) is 5.82 Å². The van der Waals surface area contributed by atoms with E-state index in [1.54, 1.807) is 25.3 Å². The predicted octanol–water partition coefficient (Wildman–Crippen LogP) is 4.67. The first-order valence-electron chi connectivity index (χ1n) is 6.97. The number of hydrogen-bond donors (Lipinski definition) is 2. The third-order valence-electron chi connectivity index (χ3n) is 3.10. The van der Waals surface area contributed by atoms with Crippen LogP contribution in [0.3, 0.4) is 0 Å². The SMILES string of the molecule is COc1ccccc1Nc1nncc(Nc2cc(Cl)ccc2Cl)n1. The number of aromatic nitrogens is 3. The van der Waals surface area contributed by atoms with Crippen LogP contribution in [0.2, 0.25) is 10.0 Å². The van der Waals surface area contributed by atoms with E-state index in [2.05, 4.69) is 25.8 Å². The molecule has 3 rings (SSSR count). The highest BCUT2D eigenvalue weighted by Crippen LogP contribution is 2.29. The summed E-state index contributed by atoms with van der Waals surface area (Å²) in [7, 11) is 1.60. The van der Waals surface area contributed by atoms with Gasteiger partial charge in [-0.25, -0.2) is 0 Å². The van der Waals surface area contributed by atoms with Gasteiger partial charge in [-0.3, -0.25) is 0 Å². The number of methoxy groups -OCH3 is 1. The maximum Gasteiger partial charge on any atom is 0.249 e. The summed E-state index contributed by atoms with van der Waals surface area (Å²) in [6.45, 7) is 0. The van der Waals surface area contributed by atoms with Crippen molar-refractivity contribution in [2.45, 2.75) is 0 Å². The summed E-state index contributed by atoms with van der Waals surface area (Å²) in [5.74, 6) is 1.48. The zero-order chi connectivity index (χ0) is 16.9. The number of benzene rings is 2. The zero-order valence-corrected chi connectivity index (χ0v) is 14.1. The summed E-state index contributed by atoms with van der Waals surface area (Å²) in [5, 5.41) is 15.1. The van der Waals surface area contributed by atoms with Crippen molar-refractivity contribution in [2.24, 2.45) is 0 Å². The lowest BCUT2D eigenvalue weighted by Crippen LogP contribution is -2.03. The molecule has 0 amide bonds. The Hall–Kier alpha value is -2.57. The van der Waals surface area contributed by atoms with Gasteiger partial charge in [0.05, 0.1) is 29.7 Å². The number of nitrogens with zero attached hydrogens (tertiary/aromatic N) is 3. The fourth-order valence-corrected chi connectivity index (χ4v) is 2.35. The van der Waals surface area contributed by atoms with Crippen LogP contribution in [0, 0.1) is 0 Å². The maximum atomic E-state index is 6.14. The van der Waals surface area contributed by atoms with Gasteiger partial charge in [-0.2, -0.15) is 10.1 Å². The fraction of sp³-hybridized carbons (Fsp3) is 0.0625. The number of rotatable bonds is 5. The van der Waals surface area contributed by atoms with Crippen LogP contribution in [0.25, 0.3) is 0 Å². The first kappa shape index (κ1) is 16.3. The van der Waals surface area contributed by atoms with Crippen molar-refractivity contribution in [1.29, 1.82) is 0 Å². The van der Waals surface area contributed by atoms with E-state index in [-0.39, 0.29) is 0 Å². The first-order chi connectivity index (χ1) is 11.7. The van der Waals surface area contributed by atoms with Gasteiger partial charge in [0.2, 0.25) is 5.95 Å². The highest BCUT2D eigenvalue weighted by Gasteiger charge is 2.07. The van der Waals surface area contributed by atoms with Crippen LogP contribution in [0.1, 0.15) is 0 Å². The Kier molecular flexibility index (Phi) is 4.98. The zero-order valence-electron chi connectivity index (χ0n) is 12.6. The molecule has 0 radical (unpaired) electrons. The lowest BCUT2D eigenvalue weighted by atomic mass is 10.3. The highest BCUT2D eigenvalue weighted by molar-refractivity contribution is 6.35. The lowest BCUT2D eigenvalue weighted by molar-refractivity contribution is 0.417. The molecule has 0 aliphatic heterocycles. The van der Waals surface area contributed by atoms with Gasteiger partial charge in [0.25, 0.3) is 0 Å². The van der Waals surface area contributed by atoms with Crippen molar-refractivity contribution in [3.05, 3.63) is 58.7 Å². The Morgan fingerprint density at radius 1 is 1.00 bits per heavy atom. The van der Waals surface area contributed by atoms with Crippen LogP contribution in [-0.2, 0) is 0 Å². The minimum absolute atomic E-state index is 0.322. The van der Waals surface area contributed by atoms with Crippen molar-refractivity contribution in [3.63, 3.8) is 0 Å². The normalized spacial score (nSPS) is 10.3. The van der Waals surface area contributed by atoms with Gasteiger partial charge in [-0.15, -0.1) is 5.10 Å². The van der Waals surface area contributed by atoms with Gasteiger partial charge < -0.3 is 15.4 Å². The predicted molar refractivity (Wildman–Crippen MR) is 95.8 cm³/mol. The number of halogens is 2. The van der Waals surface area contributed by atoms with Crippen LogP contribution in [0.5, 0.6) is 5.75 Å². The molecule has 1 heterocycles. The maximum absolute atomic E-state index is 6.14. The van der Waals surface area contributed by atoms with E-state index in [1.165, 1.54) is 6.20 Å². The molecule has 6 nitrogen and oxygen atoms in total. The van der Waals surface area contributed by atoms with Crippen molar-refractivity contribution < 1.29 is 4.74 Å².